The van der Waals surface area contributed by atoms with Gasteiger partial charge in [-0.15, -0.1) is 0 Å². The fraction of sp³-hybridized carbons (Fsp3) is 0.542. The van der Waals surface area contributed by atoms with E-state index in [1.807, 2.05) is 88.4 Å². The van der Waals surface area contributed by atoms with Gasteiger partial charge in [-0.05, 0) is 114 Å². The van der Waals surface area contributed by atoms with Gasteiger partial charge in [0.25, 0.3) is 15.9 Å². The maximum absolute atomic E-state index is 14.7. The van der Waals surface area contributed by atoms with Gasteiger partial charge >= 0.3 is 12.2 Å². The number of nitrogens with zero attached hydrogens (tertiary/aromatic N) is 2. The quantitative estimate of drug-likeness (QED) is 0.0390. The molecule has 0 aliphatic rings. The number of benzene rings is 3. The van der Waals surface area contributed by atoms with Gasteiger partial charge in [-0.25, -0.2) is 22.7 Å². The molecule has 3 aromatic carbocycles. The summed E-state index contributed by atoms with van der Waals surface area (Å²) in [4.78, 5) is 98.0. The molecule has 5 atom stereocenters. The van der Waals surface area contributed by atoms with Crippen LogP contribution in [0, 0.1) is 11.3 Å². The van der Waals surface area contributed by atoms with Crippen LogP contribution in [-0.4, -0.2) is 122 Å². The number of ether oxygens (including phenoxy) is 2. The lowest BCUT2D eigenvalue weighted by Crippen LogP contribution is -2.63. The molecular formula is C59H88N8O11S. The van der Waals surface area contributed by atoms with E-state index in [0.29, 0.717) is 18.4 Å². The average molecular weight is 1120 g/mol. The number of carbonyl (C=O) groups is 7. The zero-order chi connectivity index (χ0) is 59.8. The van der Waals surface area contributed by atoms with Crippen LogP contribution in [0.5, 0.6) is 0 Å². The average Bonchev–Trinajstić information content (AvgIpc) is 3.34. The number of alkyl carbamates (subject to hydrolysis) is 1. The van der Waals surface area contributed by atoms with Crippen molar-refractivity contribution in [3.8, 4) is 0 Å². The molecule has 79 heavy (non-hydrogen) atoms. The molecular weight excluding hydrogens is 1030 g/mol. The summed E-state index contributed by atoms with van der Waals surface area (Å²) in [6.07, 6.45) is 1.62. The zero-order valence-corrected chi connectivity index (χ0v) is 50.1. The number of nitrogens with two attached hydrogens (primary N) is 1. The molecule has 19 nitrogen and oxygen atoms in total. The van der Waals surface area contributed by atoms with Gasteiger partial charge in [0.05, 0.1) is 17.0 Å². The minimum Gasteiger partial charge on any atom is -0.444 e. The molecule has 0 spiro atoms. The molecule has 20 heteroatoms. The summed E-state index contributed by atoms with van der Waals surface area (Å²) < 4.78 is 40.3. The molecule has 0 fully saturated rings. The second-order valence-electron chi connectivity index (χ2n) is 24.0. The standard InChI is InChI=1S/C59H88N8O11S/c1-38(2)46(66(15)53(72)47(56(4,5)6)64-52(71)48(67(16)55(74)78-58(10,11)12)59(13,14)42-27-21-18-22-28-42)35-39(3)49(68)65-79(75,76)43-32-30-41(31-33-43)37-62-51(70)45(29-23-24-34-61-54(73)77-57(7,8)9)63-50(69)44(60)36-40-25-19-17-20-26-40/h17-22,25-28,30-33,35,38,44-48H,23-24,29,34,36-37,60H2,1-16H3,(H,61,73)(H,62,70)(H,63,69)(H,64,71)(H,65,68)/b39-35+/t44-,45-,46-,47-,48-/m1/s1. The van der Waals surface area contributed by atoms with Crippen molar-refractivity contribution in [3.63, 3.8) is 0 Å². The van der Waals surface area contributed by atoms with Crippen molar-refractivity contribution in [1.82, 2.24) is 35.8 Å². The lowest BCUT2D eigenvalue weighted by Gasteiger charge is -2.42. The second kappa shape index (κ2) is 28.4. The van der Waals surface area contributed by atoms with Gasteiger partial charge < -0.3 is 41.4 Å². The fourth-order valence-electron chi connectivity index (χ4n) is 8.60. The Balaban J connectivity index is 1.77. The van der Waals surface area contributed by atoms with E-state index in [2.05, 4.69) is 26.0 Å². The Labute approximate surface area is 469 Å². The van der Waals surface area contributed by atoms with Gasteiger partial charge in [0.2, 0.25) is 23.6 Å². The Morgan fingerprint density at radius 3 is 1.76 bits per heavy atom. The smallest absolute Gasteiger partial charge is 0.410 e. The highest BCUT2D eigenvalue weighted by molar-refractivity contribution is 7.90. The molecule has 0 radical (unpaired) electrons. The number of likely N-dealkylation sites (N-methyl/N-ethyl adjacent to an activating group) is 2. The summed E-state index contributed by atoms with van der Waals surface area (Å²) in [5.41, 5.74) is 5.04. The van der Waals surface area contributed by atoms with Crippen LogP contribution >= 0.6 is 0 Å². The van der Waals surface area contributed by atoms with Crippen LogP contribution in [0.1, 0.15) is 133 Å². The molecule has 7 amide bonds. The largest absolute Gasteiger partial charge is 0.444 e. The van der Waals surface area contributed by atoms with Gasteiger partial charge in [-0.2, -0.15) is 0 Å². The van der Waals surface area contributed by atoms with Crippen molar-refractivity contribution in [2.75, 3.05) is 20.6 Å². The van der Waals surface area contributed by atoms with Crippen molar-refractivity contribution in [1.29, 1.82) is 0 Å². The lowest BCUT2D eigenvalue weighted by atomic mass is 9.76. The first-order valence-corrected chi connectivity index (χ1v) is 28.2. The first-order chi connectivity index (χ1) is 36.4. The van der Waals surface area contributed by atoms with Crippen molar-refractivity contribution < 1.29 is 51.5 Å². The second-order valence-corrected chi connectivity index (χ2v) is 25.7. The Morgan fingerprint density at radius 1 is 0.671 bits per heavy atom. The maximum atomic E-state index is 14.7. The molecule has 436 valence electrons. The van der Waals surface area contributed by atoms with Crippen LogP contribution in [0.3, 0.4) is 0 Å². The van der Waals surface area contributed by atoms with Crippen LogP contribution in [0.2, 0.25) is 0 Å². The molecule has 0 bridgehead atoms. The van der Waals surface area contributed by atoms with Crippen molar-refractivity contribution in [2.24, 2.45) is 17.1 Å². The predicted octanol–water partition coefficient (Wildman–Crippen LogP) is 7.03. The van der Waals surface area contributed by atoms with Gasteiger partial charge in [0.1, 0.15) is 29.3 Å². The van der Waals surface area contributed by atoms with Crippen LogP contribution < -0.4 is 31.7 Å². The van der Waals surface area contributed by atoms with Gasteiger partial charge in [0.15, 0.2) is 0 Å². The van der Waals surface area contributed by atoms with E-state index in [1.54, 1.807) is 69.4 Å². The Hall–Kier alpha value is -6.80. The number of hydrogen-bond acceptors (Lipinski definition) is 12. The molecule has 3 aromatic rings. The van der Waals surface area contributed by atoms with E-state index < -0.39 is 104 Å². The summed E-state index contributed by atoms with van der Waals surface area (Å²) in [6.45, 7) is 24.9. The molecule has 0 unspecified atom stereocenters. The van der Waals surface area contributed by atoms with Gasteiger partial charge in [-0.1, -0.05) is 127 Å². The molecule has 0 saturated heterocycles. The number of unbranched alkanes of at least 4 members (excludes halogenated alkanes) is 1. The molecule has 0 aromatic heterocycles. The van der Waals surface area contributed by atoms with E-state index >= 15 is 0 Å². The van der Waals surface area contributed by atoms with Crippen LogP contribution in [0.4, 0.5) is 9.59 Å². The minimum absolute atomic E-state index is 0.00299. The molecule has 0 aliphatic heterocycles. The van der Waals surface area contributed by atoms with Crippen LogP contribution in [0.25, 0.3) is 0 Å². The highest BCUT2D eigenvalue weighted by Gasteiger charge is 2.46. The van der Waals surface area contributed by atoms with E-state index in [4.69, 9.17) is 15.2 Å². The third-order valence-corrected chi connectivity index (χ3v) is 14.3. The van der Waals surface area contributed by atoms with E-state index in [-0.39, 0.29) is 42.3 Å². The molecule has 0 heterocycles. The summed E-state index contributed by atoms with van der Waals surface area (Å²) in [5, 5.41) is 11.2. The van der Waals surface area contributed by atoms with Gasteiger partial charge in [0, 0.05) is 38.2 Å². The number of sulfonamides is 1. The maximum Gasteiger partial charge on any atom is 0.410 e. The monoisotopic (exact) mass is 1120 g/mol. The first kappa shape index (κ1) is 66.5. The Morgan fingerprint density at radius 2 is 1.23 bits per heavy atom. The SMILES string of the molecule is C/C(=C\[C@H](C(C)C)N(C)C(=O)[C@@H](NC(=O)[C@@H](N(C)C(=O)OC(C)(C)C)C(C)(C)c1ccccc1)C(C)(C)C)C(=O)NS(=O)(=O)c1ccc(CNC(=O)[C@@H](CCCCNC(=O)OC(C)(C)C)NC(=O)[C@H](N)Cc2ccccc2)cc1. The van der Waals surface area contributed by atoms with Crippen molar-refractivity contribution in [2.45, 2.75) is 181 Å². The van der Waals surface area contributed by atoms with Crippen LogP contribution in [0.15, 0.2) is 101 Å². The highest BCUT2D eigenvalue weighted by Crippen LogP contribution is 2.33. The number of rotatable bonds is 24. The first-order valence-electron chi connectivity index (χ1n) is 26.7. The third kappa shape index (κ3) is 21.1. The summed E-state index contributed by atoms with van der Waals surface area (Å²) in [7, 11) is -1.39. The molecule has 7 N–H and O–H groups in total. The minimum atomic E-state index is -4.43. The molecule has 3 rings (SSSR count). The third-order valence-electron chi connectivity index (χ3n) is 13.0. The van der Waals surface area contributed by atoms with Crippen molar-refractivity contribution >= 4 is 51.7 Å². The highest BCUT2D eigenvalue weighted by atomic mass is 32.2. The van der Waals surface area contributed by atoms with E-state index in [9.17, 15) is 42.0 Å². The van der Waals surface area contributed by atoms with Gasteiger partial charge in [-0.3, -0.25) is 28.9 Å². The van der Waals surface area contributed by atoms with Crippen molar-refractivity contribution in [3.05, 3.63) is 113 Å². The topological polar surface area (TPSA) is 265 Å². The number of nitrogens with one attached hydrogen (secondary N) is 5. The summed E-state index contributed by atoms with van der Waals surface area (Å²) in [5.74, 6) is -3.33. The number of hydrogen-bond donors (Lipinski definition) is 6. The summed E-state index contributed by atoms with van der Waals surface area (Å²) >= 11 is 0. The normalized spacial score (nSPS) is 14.3. The predicted molar refractivity (Wildman–Crippen MR) is 306 cm³/mol. The lowest BCUT2D eigenvalue weighted by molar-refractivity contribution is -0.141. The Kier molecular flexibility index (Phi) is 23.9. The fourth-order valence-corrected chi connectivity index (χ4v) is 9.62. The van der Waals surface area contributed by atoms with E-state index in [0.717, 1.165) is 11.1 Å². The Bertz CT molecular complexity index is 2690. The number of carbonyl (C=O) groups excluding carboxylic acids is 7. The van der Waals surface area contributed by atoms with E-state index in [1.165, 1.54) is 54.1 Å². The zero-order valence-electron chi connectivity index (χ0n) is 49.2. The molecule has 0 saturated carbocycles. The summed E-state index contributed by atoms with van der Waals surface area (Å²) in [6, 6.07) is 19.1. The molecule has 0 aliphatic carbocycles. The number of amides is 7. The van der Waals surface area contributed by atoms with Crippen LogP contribution in [-0.2, 0) is 61.9 Å².